The molecule has 0 radical (unpaired) electrons. The number of hydrogen-bond acceptors (Lipinski definition) is 2. The first-order valence-corrected chi connectivity index (χ1v) is 3.47. The van der Waals surface area contributed by atoms with Gasteiger partial charge in [-0.1, -0.05) is 0 Å². The first-order valence-electron chi connectivity index (χ1n) is 3.47. The topological polar surface area (TPSA) is 40.5 Å². The van der Waals surface area contributed by atoms with Crippen LogP contribution in [0.5, 0.6) is 0 Å². The molecule has 0 aromatic heterocycles. The number of benzene rings is 1. The monoisotopic (exact) mass is 226 g/mol. The molecule has 0 bridgehead atoms. The van der Waals surface area contributed by atoms with Gasteiger partial charge in [0, 0.05) is 6.08 Å². The maximum atomic E-state index is 12.8. The molecule has 2 nitrogen and oxygen atoms in total. The molecule has 15 heavy (non-hydrogen) atoms. The maximum absolute atomic E-state index is 12.8. The lowest BCUT2D eigenvalue weighted by atomic mass is 10.1. The summed E-state index contributed by atoms with van der Waals surface area (Å²) in [6, 6.07) is 0. The highest BCUT2D eigenvalue weighted by atomic mass is 19.2. The quantitative estimate of drug-likeness (QED) is 0.334. The lowest BCUT2D eigenvalue weighted by molar-refractivity contribution is 0.196. The molecule has 0 fully saturated rings. The Morgan fingerprint density at radius 3 is 1.40 bits per heavy atom. The van der Waals surface area contributed by atoms with Crippen molar-refractivity contribution in [2.45, 2.75) is 0 Å². The fraction of sp³-hybridized carbons (Fsp3) is 0. The predicted octanol–water partition coefficient (Wildman–Crippen LogP) is 2.80. The molecule has 0 spiro atoms. The summed E-state index contributed by atoms with van der Waals surface area (Å²) in [7, 11) is 0. The van der Waals surface area contributed by atoms with E-state index in [9.17, 15) is 22.0 Å². The number of hydrogen-bond donors (Lipinski definition) is 2. The Labute approximate surface area is 79.9 Å². The standard InChI is InChI=1S/C8H3F5O2/c9-4-2(1-3(14)15)5(10)7(12)8(13)6(4)11/h1,14-15H. The van der Waals surface area contributed by atoms with Crippen LogP contribution >= 0.6 is 0 Å². The molecule has 2 N–H and O–H groups in total. The van der Waals surface area contributed by atoms with Gasteiger partial charge in [-0.2, -0.15) is 0 Å². The Balaban J connectivity index is 3.60. The van der Waals surface area contributed by atoms with Crippen molar-refractivity contribution in [2.75, 3.05) is 0 Å². The molecule has 0 unspecified atom stereocenters. The van der Waals surface area contributed by atoms with Gasteiger partial charge in [0.2, 0.25) is 5.82 Å². The highest BCUT2D eigenvalue weighted by molar-refractivity contribution is 5.51. The van der Waals surface area contributed by atoms with E-state index in [1.165, 1.54) is 0 Å². The molecule has 0 heterocycles. The van der Waals surface area contributed by atoms with Gasteiger partial charge in [0.25, 0.3) is 5.95 Å². The average Bonchev–Trinajstić information content (AvgIpc) is 2.18. The molecule has 0 aliphatic rings. The van der Waals surface area contributed by atoms with Gasteiger partial charge in [0.15, 0.2) is 23.3 Å². The molecule has 1 aromatic carbocycles. The van der Waals surface area contributed by atoms with E-state index in [0.29, 0.717) is 0 Å². The molecular weight excluding hydrogens is 223 g/mol. The molecule has 1 aromatic rings. The first-order chi connectivity index (χ1) is 6.86. The van der Waals surface area contributed by atoms with Gasteiger partial charge in [0.1, 0.15) is 0 Å². The summed E-state index contributed by atoms with van der Waals surface area (Å²) in [6.45, 7) is 0. The van der Waals surface area contributed by atoms with Crippen LogP contribution in [0.3, 0.4) is 0 Å². The fourth-order valence-corrected chi connectivity index (χ4v) is 0.878. The van der Waals surface area contributed by atoms with Gasteiger partial charge in [-0.25, -0.2) is 22.0 Å². The third-order valence-electron chi connectivity index (χ3n) is 1.52. The van der Waals surface area contributed by atoms with E-state index in [-0.39, 0.29) is 6.08 Å². The van der Waals surface area contributed by atoms with Crippen LogP contribution in [0, 0.1) is 29.1 Å². The van der Waals surface area contributed by atoms with E-state index >= 15 is 0 Å². The highest BCUT2D eigenvalue weighted by Gasteiger charge is 2.24. The zero-order valence-electron chi connectivity index (χ0n) is 6.86. The third kappa shape index (κ3) is 1.85. The maximum Gasteiger partial charge on any atom is 0.274 e. The Morgan fingerprint density at radius 1 is 0.733 bits per heavy atom. The van der Waals surface area contributed by atoms with Gasteiger partial charge in [-0.3, -0.25) is 0 Å². The molecular formula is C8H3F5O2. The van der Waals surface area contributed by atoms with Crippen molar-refractivity contribution in [3.8, 4) is 0 Å². The van der Waals surface area contributed by atoms with Crippen LogP contribution < -0.4 is 0 Å². The Bertz CT molecular complexity index is 408. The van der Waals surface area contributed by atoms with Gasteiger partial charge in [-0.05, 0) is 0 Å². The summed E-state index contributed by atoms with van der Waals surface area (Å²) < 4.78 is 63.0. The molecule has 0 amide bonds. The van der Waals surface area contributed by atoms with Crippen molar-refractivity contribution in [1.29, 1.82) is 0 Å². The van der Waals surface area contributed by atoms with Crippen molar-refractivity contribution >= 4 is 6.08 Å². The van der Waals surface area contributed by atoms with E-state index in [1.807, 2.05) is 0 Å². The summed E-state index contributed by atoms with van der Waals surface area (Å²) in [5.41, 5.74) is -1.41. The summed E-state index contributed by atoms with van der Waals surface area (Å²) in [5, 5.41) is 16.5. The summed E-state index contributed by atoms with van der Waals surface area (Å²) >= 11 is 0. The van der Waals surface area contributed by atoms with Gasteiger partial charge < -0.3 is 10.2 Å². The van der Waals surface area contributed by atoms with E-state index < -0.39 is 40.6 Å². The second-order valence-electron chi connectivity index (χ2n) is 2.49. The molecule has 1 rings (SSSR count). The molecule has 7 heteroatoms. The number of halogens is 5. The van der Waals surface area contributed by atoms with Gasteiger partial charge in [-0.15, -0.1) is 0 Å². The van der Waals surface area contributed by atoms with Crippen molar-refractivity contribution < 1.29 is 32.2 Å². The van der Waals surface area contributed by atoms with E-state index in [4.69, 9.17) is 10.2 Å². The average molecular weight is 226 g/mol. The lowest BCUT2D eigenvalue weighted by Crippen LogP contribution is -2.04. The zero-order valence-corrected chi connectivity index (χ0v) is 6.86. The summed E-state index contributed by atoms with van der Waals surface area (Å²) in [5.74, 6) is -12.4. The Kier molecular flexibility index (Phi) is 2.83. The van der Waals surface area contributed by atoms with Crippen LogP contribution in [0.4, 0.5) is 22.0 Å². The molecule has 0 aliphatic heterocycles. The van der Waals surface area contributed by atoms with Crippen LogP contribution in [-0.2, 0) is 0 Å². The highest BCUT2D eigenvalue weighted by Crippen LogP contribution is 2.24. The minimum Gasteiger partial charge on any atom is -0.481 e. The normalized spacial score (nSPS) is 10.2. The van der Waals surface area contributed by atoms with Crippen molar-refractivity contribution in [2.24, 2.45) is 0 Å². The Hall–Kier alpha value is -1.79. The van der Waals surface area contributed by atoms with E-state index in [2.05, 4.69) is 0 Å². The van der Waals surface area contributed by atoms with Crippen LogP contribution in [0.1, 0.15) is 5.56 Å². The molecule has 0 saturated heterocycles. The van der Waals surface area contributed by atoms with Crippen molar-refractivity contribution in [1.82, 2.24) is 0 Å². The van der Waals surface area contributed by atoms with Gasteiger partial charge in [0.05, 0.1) is 5.56 Å². The minimum atomic E-state index is -2.31. The lowest BCUT2D eigenvalue weighted by Gasteiger charge is -2.03. The zero-order chi connectivity index (χ0) is 11.7. The largest absolute Gasteiger partial charge is 0.481 e. The van der Waals surface area contributed by atoms with Crippen LogP contribution in [0.15, 0.2) is 5.95 Å². The van der Waals surface area contributed by atoms with Crippen LogP contribution in [0.25, 0.3) is 6.08 Å². The summed E-state index contributed by atoms with van der Waals surface area (Å²) in [6.07, 6.45) is 0.0102. The van der Waals surface area contributed by atoms with Gasteiger partial charge >= 0.3 is 0 Å². The third-order valence-corrected chi connectivity index (χ3v) is 1.52. The van der Waals surface area contributed by atoms with Crippen molar-refractivity contribution in [3.05, 3.63) is 40.6 Å². The Morgan fingerprint density at radius 2 is 1.07 bits per heavy atom. The molecule has 0 atom stereocenters. The number of aliphatic hydroxyl groups excluding tert-OH is 1. The van der Waals surface area contributed by atoms with E-state index in [1.54, 1.807) is 0 Å². The summed E-state index contributed by atoms with van der Waals surface area (Å²) in [4.78, 5) is 0. The van der Waals surface area contributed by atoms with Crippen molar-refractivity contribution in [3.63, 3.8) is 0 Å². The second kappa shape index (κ2) is 3.76. The smallest absolute Gasteiger partial charge is 0.274 e. The number of rotatable bonds is 1. The SMILES string of the molecule is OC(O)=Cc1c(F)c(F)c(F)c(F)c1F. The first kappa shape index (κ1) is 11.3. The van der Waals surface area contributed by atoms with E-state index in [0.717, 1.165) is 0 Å². The molecule has 0 saturated carbocycles. The fourth-order valence-electron chi connectivity index (χ4n) is 0.878. The molecule has 0 aliphatic carbocycles. The predicted molar refractivity (Wildman–Crippen MR) is 39.5 cm³/mol. The minimum absolute atomic E-state index is 0.0102. The molecule has 82 valence electrons. The second-order valence-corrected chi connectivity index (χ2v) is 2.49. The van der Waals surface area contributed by atoms with Crippen LogP contribution in [0.2, 0.25) is 0 Å². The van der Waals surface area contributed by atoms with Crippen LogP contribution in [-0.4, -0.2) is 10.2 Å². The number of aliphatic hydroxyl groups is 2.